The molecule has 0 aromatic carbocycles. The number of carbonyl (C=O) groups is 1. The summed E-state index contributed by atoms with van der Waals surface area (Å²) >= 11 is 2.36. The fourth-order valence-electron chi connectivity index (χ4n) is 0.0891. The highest BCUT2D eigenvalue weighted by molar-refractivity contribution is 9.09. The molecule has 0 bridgehead atoms. The molecule has 7 heavy (non-hydrogen) atoms. The normalized spacial score (nSPS) is 12.9. The second-order valence-electron chi connectivity index (χ2n) is 0.824. The summed E-state index contributed by atoms with van der Waals surface area (Å²) in [4.78, 5) is 9.87. The minimum atomic E-state index is -1.68. The van der Waals surface area contributed by atoms with Crippen LogP contribution in [0.2, 0.25) is 0 Å². The molecule has 5 heteroatoms. The SMILES string of the molecule is BOC(=O)C(F)Br. The van der Waals surface area contributed by atoms with Gasteiger partial charge in [-0.3, -0.25) is 0 Å². The van der Waals surface area contributed by atoms with Crippen molar-refractivity contribution >= 4 is 29.9 Å². The van der Waals surface area contributed by atoms with Crippen LogP contribution in [0.5, 0.6) is 0 Å². The van der Waals surface area contributed by atoms with Gasteiger partial charge in [0.1, 0.15) is 0 Å². The summed E-state index contributed by atoms with van der Waals surface area (Å²) in [6, 6.07) is 0. The van der Waals surface area contributed by atoms with E-state index in [0.29, 0.717) is 0 Å². The largest absolute Gasteiger partial charge is 0.541 e. The first-order chi connectivity index (χ1) is 3.18. The van der Waals surface area contributed by atoms with Gasteiger partial charge in [-0.2, -0.15) is 0 Å². The molecule has 2 nitrogen and oxygen atoms in total. The highest BCUT2D eigenvalue weighted by Crippen LogP contribution is 2.00. The predicted octanol–water partition coefficient (Wildman–Crippen LogP) is -0.232. The van der Waals surface area contributed by atoms with Gasteiger partial charge >= 0.3 is 14.0 Å². The first kappa shape index (κ1) is 6.94. The van der Waals surface area contributed by atoms with Gasteiger partial charge in [-0.15, -0.1) is 0 Å². The molecule has 0 aliphatic carbocycles. The van der Waals surface area contributed by atoms with Gasteiger partial charge in [0.25, 0.3) is 0 Å². The molecule has 0 aromatic heterocycles. The lowest BCUT2D eigenvalue weighted by Crippen LogP contribution is -2.09. The summed E-state index contributed by atoms with van der Waals surface area (Å²) in [6.07, 6.45) is 0. The van der Waals surface area contributed by atoms with Crippen LogP contribution in [-0.4, -0.2) is 19.1 Å². The first-order valence-electron chi connectivity index (χ1n) is 1.54. The Kier molecular flexibility index (Phi) is 2.99. The smallest absolute Gasteiger partial charge is 0.334 e. The van der Waals surface area contributed by atoms with Gasteiger partial charge in [-0.05, 0) is 15.9 Å². The predicted molar refractivity (Wildman–Crippen MR) is 28.5 cm³/mol. The van der Waals surface area contributed by atoms with Crippen LogP contribution in [0.3, 0.4) is 0 Å². The first-order valence-corrected chi connectivity index (χ1v) is 2.46. The molecule has 0 saturated heterocycles. The van der Waals surface area contributed by atoms with Crippen LogP contribution >= 0.6 is 15.9 Å². The van der Waals surface area contributed by atoms with Crippen molar-refractivity contribution in [2.45, 2.75) is 5.08 Å². The van der Waals surface area contributed by atoms with E-state index in [1.165, 1.54) is 0 Å². The fraction of sp³-hybridized carbons (Fsp3) is 0.500. The molecule has 0 spiro atoms. The van der Waals surface area contributed by atoms with E-state index in [4.69, 9.17) is 0 Å². The van der Waals surface area contributed by atoms with Crippen LogP contribution < -0.4 is 0 Å². The molecule has 0 N–H and O–H groups in total. The summed E-state index contributed by atoms with van der Waals surface area (Å²) < 4.78 is 15.5. The Bertz CT molecular complexity index is 76.1. The molecule has 0 rings (SSSR count). The standard InChI is InChI=1S/C2H3BBrFO2/c3-7-2(6)1(4)5/h1H,3H2. The minimum Gasteiger partial charge on any atom is -0.541 e. The molecule has 0 heterocycles. The minimum absolute atomic E-state index is 0.903. The van der Waals surface area contributed by atoms with Crippen molar-refractivity contribution < 1.29 is 13.8 Å². The van der Waals surface area contributed by atoms with E-state index in [9.17, 15) is 9.18 Å². The van der Waals surface area contributed by atoms with Gasteiger partial charge in [0.2, 0.25) is 5.08 Å². The zero-order chi connectivity index (χ0) is 5.86. The molecule has 0 aliphatic rings. The number of alkyl halides is 2. The summed E-state index contributed by atoms with van der Waals surface area (Å²) in [5.74, 6) is -0.903. The van der Waals surface area contributed by atoms with Crippen LogP contribution in [0.25, 0.3) is 0 Å². The van der Waals surface area contributed by atoms with E-state index < -0.39 is 11.1 Å². The summed E-state index contributed by atoms with van der Waals surface area (Å²) in [6.45, 7) is 0. The molecule has 0 amide bonds. The van der Waals surface area contributed by atoms with Crippen LogP contribution in [0, 0.1) is 0 Å². The molecular formula is C2H3BBrFO2. The Hall–Kier alpha value is -0.0551. The maximum Gasteiger partial charge on any atom is 0.334 e. The highest BCUT2D eigenvalue weighted by Gasteiger charge is 2.09. The third kappa shape index (κ3) is 2.62. The van der Waals surface area contributed by atoms with E-state index in [0.717, 1.165) is 8.05 Å². The topological polar surface area (TPSA) is 26.3 Å². The molecule has 0 aromatic rings. The quantitative estimate of drug-likeness (QED) is 0.400. The Balaban J connectivity index is 3.35. The molecule has 0 saturated carbocycles. The highest BCUT2D eigenvalue weighted by atomic mass is 79.9. The van der Waals surface area contributed by atoms with Crippen LogP contribution in [-0.2, 0) is 9.45 Å². The van der Waals surface area contributed by atoms with Crippen molar-refractivity contribution in [3.63, 3.8) is 0 Å². The lowest BCUT2D eigenvalue weighted by molar-refractivity contribution is -0.136. The van der Waals surface area contributed by atoms with Gasteiger partial charge in [0.15, 0.2) is 0 Å². The lowest BCUT2D eigenvalue weighted by Gasteiger charge is -1.94. The van der Waals surface area contributed by atoms with E-state index in [-0.39, 0.29) is 0 Å². The average Bonchev–Trinajstić information content (AvgIpc) is 1.65. The monoisotopic (exact) mass is 168 g/mol. The van der Waals surface area contributed by atoms with Crippen molar-refractivity contribution in [3.8, 4) is 0 Å². The number of rotatable bonds is 1. The second-order valence-corrected chi connectivity index (χ2v) is 1.63. The van der Waals surface area contributed by atoms with Gasteiger partial charge in [-0.1, -0.05) is 0 Å². The molecule has 0 aliphatic heterocycles. The Labute approximate surface area is 49.6 Å². The molecule has 40 valence electrons. The summed E-state index contributed by atoms with van der Waals surface area (Å²) in [7, 11) is 1.12. The van der Waals surface area contributed by atoms with E-state index in [2.05, 4.69) is 20.6 Å². The molecule has 0 fully saturated rings. The maximum absolute atomic E-state index is 11.5. The zero-order valence-electron chi connectivity index (χ0n) is 3.65. The number of hydrogen-bond acceptors (Lipinski definition) is 2. The van der Waals surface area contributed by atoms with E-state index in [1.54, 1.807) is 0 Å². The van der Waals surface area contributed by atoms with Crippen molar-refractivity contribution in [2.75, 3.05) is 0 Å². The summed E-state index contributed by atoms with van der Waals surface area (Å²) in [5, 5.41) is -1.68. The molecule has 1 unspecified atom stereocenters. The van der Waals surface area contributed by atoms with Gasteiger partial charge in [-0.25, -0.2) is 9.18 Å². The number of hydrogen-bond donors (Lipinski definition) is 0. The molecule has 1 atom stereocenters. The lowest BCUT2D eigenvalue weighted by atomic mass is 10.6. The zero-order valence-corrected chi connectivity index (χ0v) is 5.24. The van der Waals surface area contributed by atoms with Gasteiger partial charge in [0.05, 0.1) is 0 Å². The van der Waals surface area contributed by atoms with Gasteiger partial charge in [0, 0.05) is 0 Å². The molecular weight excluding hydrogens is 166 g/mol. The Morgan fingerprint density at radius 1 is 2.00 bits per heavy atom. The fourth-order valence-corrected chi connectivity index (χ4v) is 0.276. The maximum atomic E-state index is 11.5. The van der Waals surface area contributed by atoms with Gasteiger partial charge < -0.3 is 4.65 Å². The van der Waals surface area contributed by atoms with Crippen LogP contribution in [0.4, 0.5) is 4.39 Å². The van der Waals surface area contributed by atoms with Crippen molar-refractivity contribution in [1.82, 2.24) is 0 Å². The Morgan fingerprint density at radius 2 is 2.43 bits per heavy atom. The Morgan fingerprint density at radius 3 is 2.43 bits per heavy atom. The third-order valence-electron chi connectivity index (χ3n) is 0.379. The third-order valence-corrected chi connectivity index (χ3v) is 0.753. The average molecular weight is 169 g/mol. The van der Waals surface area contributed by atoms with E-state index in [1.807, 2.05) is 0 Å². The summed E-state index contributed by atoms with van der Waals surface area (Å²) in [5.41, 5.74) is 0. The van der Waals surface area contributed by atoms with Crippen molar-refractivity contribution in [3.05, 3.63) is 0 Å². The van der Waals surface area contributed by atoms with Crippen molar-refractivity contribution in [2.24, 2.45) is 0 Å². The second kappa shape index (κ2) is 3.01. The number of carbonyl (C=O) groups excluding carboxylic acids is 1. The van der Waals surface area contributed by atoms with Crippen LogP contribution in [0.1, 0.15) is 0 Å². The molecule has 0 radical (unpaired) electrons. The van der Waals surface area contributed by atoms with Crippen LogP contribution in [0.15, 0.2) is 0 Å². The number of halogens is 2. The van der Waals surface area contributed by atoms with E-state index >= 15 is 0 Å². The van der Waals surface area contributed by atoms with Crippen molar-refractivity contribution in [1.29, 1.82) is 0 Å².